The van der Waals surface area contributed by atoms with Gasteiger partial charge in [-0.05, 0) is 32.9 Å². The lowest BCUT2D eigenvalue weighted by Gasteiger charge is -2.13. The second-order valence-corrected chi connectivity index (χ2v) is 6.81. The molecule has 0 aliphatic heterocycles. The number of hydrogen-bond acceptors (Lipinski definition) is 4. The fraction of sp³-hybridized carbons (Fsp3) is 0.308. The Bertz CT molecular complexity index is 679. The van der Waals surface area contributed by atoms with Crippen molar-refractivity contribution in [2.24, 2.45) is 0 Å². The number of aromatic nitrogens is 2. The molecular weight excluding hydrogens is 264 g/mol. The number of aliphatic hydroxyl groups is 1. The van der Waals surface area contributed by atoms with E-state index in [0.29, 0.717) is 5.69 Å². The Labute approximate surface area is 112 Å². The highest BCUT2D eigenvalue weighted by Crippen LogP contribution is 2.20. The zero-order chi connectivity index (χ0) is 14.3. The topological polar surface area (TPSA) is 72.2 Å². The van der Waals surface area contributed by atoms with Crippen molar-refractivity contribution in [1.82, 2.24) is 8.96 Å². The minimum absolute atomic E-state index is 0.192. The first-order chi connectivity index (χ1) is 8.71. The van der Waals surface area contributed by atoms with E-state index in [1.165, 1.54) is 12.5 Å². The van der Waals surface area contributed by atoms with E-state index >= 15 is 0 Å². The summed E-state index contributed by atoms with van der Waals surface area (Å²) in [6.45, 7) is 5.00. The van der Waals surface area contributed by atoms with Crippen molar-refractivity contribution < 1.29 is 13.5 Å². The van der Waals surface area contributed by atoms with E-state index in [2.05, 4.69) is 4.98 Å². The number of aryl methyl sites for hydroxylation is 1. The molecule has 2 aromatic rings. The molecule has 0 amide bonds. The average molecular weight is 280 g/mol. The fourth-order valence-corrected chi connectivity index (χ4v) is 2.72. The summed E-state index contributed by atoms with van der Waals surface area (Å²) in [5.74, 6) is 0. The van der Waals surface area contributed by atoms with Crippen molar-refractivity contribution >= 4 is 10.0 Å². The van der Waals surface area contributed by atoms with Crippen LogP contribution in [0.15, 0.2) is 41.7 Å². The monoisotopic (exact) mass is 280 g/mol. The normalized spacial score (nSPS) is 12.6. The van der Waals surface area contributed by atoms with E-state index in [4.69, 9.17) is 0 Å². The Balaban J connectivity index is 2.46. The van der Waals surface area contributed by atoms with Gasteiger partial charge in [0.1, 0.15) is 11.9 Å². The van der Waals surface area contributed by atoms with Gasteiger partial charge in [-0.25, -0.2) is 17.4 Å². The summed E-state index contributed by atoms with van der Waals surface area (Å²) in [7, 11) is -3.65. The van der Waals surface area contributed by atoms with Crippen LogP contribution in [0, 0.1) is 6.92 Å². The number of imidazole rings is 1. The van der Waals surface area contributed by atoms with Gasteiger partial charge < -0.3 is 5.11 Å². The molecule has 102 valence electrons. The third-order valence-electron chi connectivity index (χ3n) is 2.78. The molecule has 1 aromatic heterocycles. The number of rotatable bonds is 3. The smallest absolute Gasteiger partial charge is 0.268 e. The zero-order valence-electron chi connectivity index (χ0n) is 11.0. The maximum Gasteiger partial charge on any atom is 0.268 e. The van der Waals surface area contributed by atoms with Crippen LogP contribution in [0.25, 0.3) is 0 Å². The van der Waals surface area contributed by atoms with Gasteiger partial charge in [0.2, 0.25) is 0 Å². The van der Waals surface area contributed by atoms with Crippen LogP contribution in [0.3, 0.4) is 0 Å². The highest BCUT2D eigenvalue weighted by Gasteiger charge is 2.23. The molecule has 0 saturated carbocycles. The summed E-state index contributed by atoms with van der Waals surface area (Å²) in [5.41, 5.74) is 0.124. The van der Waals surface area contributed by atoms with Gasteiger partial charge in [0, 0.05) is 6.20 Å². The number of hydrogen-bond donors (Lipinski definition) is 1. The minimum atomic E-state index is -3.65. The molecule has 0 atom stereocenters. The van der Waals surface area contributed by atoms with Crippen LogP contribution < -0.4 is 0 Å². The standard InChI is InChI=1S/C13H16N2O3S/c1-10-4-6-11(7-5-10)19(17,18)15-8-12(14-9-15)13(2,3)16/h4-9,16H,1-3H3. The van der Waals surface area contributed by atoms with E-state index in [1.807, 2.05) is 6.92 Å². The summed E-state index contributed by atoms with van der Waals surface area (Å²) in [4.78, 5) is 4.12. The van der Waals surface area contributed by atoms with Gasteiger partial charge in [-0.3, -0.25) is 0 Å². The van der Waals surface area contributed by atoms with Crippen molar-refractivity contribution in [3.8, 4) is 0 Å². The van der Waals surface area contributed by atoms with Crippen molar-refractivity contribution in [1.29, 1.82) is 0 Å². The molecule has 6 heteroatoms. The first kappa shape index (κ1) is 13.8. The summed E-state index contributed by atoms with van der Waals surface area (Å²) in [6.07, 6.45) is 2.53. The van der Waals surface area contributed by atoms with E-state index in [0.717, 1.165) is 9.54 Å². The van der Waals surface area contributed by atoms with Gasteiger partial charge >= 0.3 is 0 Å². The number of nitrogens with zero attached hydrogens (tertiary/aromatic N) is 2. The molecule has 0 fully saturated rings. The van der Waals surface area contributed by atoms with Gasteiger partial charge in [-0.1, -0.05) is 17.7 Å². The molecule has 0 aliphatic rings. The summed E-state index contributed by atoms with van der Waals surface area (Å²) in [6, 6.07) is 6.57. The fourth-order valence-electron chi connectivity index (χ4n) is 1.59. The molecule has 1 aromatic carbocycles. The average Bonchev–Trinajstić information content (AvgIpc) is 2.79. The summed E-state index contributed by atoms with van der Waals surface area (Å²) < 4.78 is 25.7. The van der Waals surface area contributed by atoms with Gasteiger partial charge in [-0.2, -0.15) is 0 Å². The first-order valence-corrected chi connectivity index (χ1v) is 7.24. The van der Waals surface area contributed by atoms with Crippen LogP contribution in [0.5, 0.6) is 0 Å². The molecule has 0 aliphatic carbocycles. The van der Waals surface area contributed by atoms with Crippen LogP contribution in [0.2, 0.25) is 0 Å². The van der Waals surface area contributed by atoms with Crippen LogP contribution in [-0.2, 0) is 15.6 Å². The SMILES string of the molecule is Cc1ccc(S(=O)(=O)n2cnc(C(C)(C)O)c2)cc1. The third kappa shape index (κ3) is 2.69. The van der Waals surface area contributed by atoms with Crippen LogP contribution in [0.1, 0.15) is 25.1 Å². The highest BCUT2D eigenvalue weighted by atomic mass is 32.2. The van der Waals surface area contributed by atoms with E-state index < -0.39 is 15.6 Å². The van der Waals surface area contributed by atoms with Crippen LogP contribution in [0.4, 0.5) is 0 Å². The predicted octanol–water partition coefficient (Wildman–Crippen LogP) is 1.66. The summed E-state index contributed by atoms with van der Waals surface area (Å²) >= 11 is 0. The zero-order valence-corrected chi connectivity index (χ0v) is 11.8. The minimum Gasteiger partial charge on any atom is -0.384 e. The highest BCUT2D eigenvalue weighted by molar-refractivity contribution is 7.90. The molecule has 0 spiro atoms. The van der Waals surface area contributed by atoms with Crippen molar-refractivity contribution in [3.05, 3.63) is 48.0 Å². The second kappa shape index (κ2) is 4.47. The number of benzene rings is 1. The largest absolute Gasteiger partial charge is 0.384 e. The molecule has 1 heterocycles. The van der Waals surface area contributed by atoms with E-state index in [1.54, 1.807) is 38.1 Å². The van der Waals surface area contributed by atoms with Gasteiger partial charge in [-0.15, -0.1) is 0 Å². The third-order valence-corrected chi connectivity index (χ3v) is 4.41. The Hall–Kier alpha value is -1.66. The molecule has 1 N–H and O–H groups in total. The summed E-state index contributed by atoms with van der Waals surface area (Å²) in [5, 5.41) is 9.80. The molecule has 5 nitrogen and oxygen atoms in total. The molecule has 2 rings (SSSR count). The van der Waals surface area contributed by atoms with Crippen LogP contribution in [-0.4, -0.2) is 22.5 Å². The Morgan fingerprint density at radius 3 is 2.26 bits per heavy atom. The molecule has 0 bridgehead atoms. The first-order valence-electron chi connectivity index (χ1n) is 5.80. The molecule has 19 heavy (non-hydrogen) atoms. The molecule has 0 unspecified atom stereocenters. The Morgan fingerprint density at radius 2 is 1.79 bits per heavy atom. The molecular formula is C13H16N2O3S. The molecule has 0 radical (unpaired) electrons. The Morgan fingerprint density at radius 1 is 1.21 bits per heavy atom. The van der Waals surface area contributed by atoms with Crippen molar-refractivity contribution in [2.45, 2.75) is 31.3 Å². The lowest BCUT2D eigenvalue weighted by Crippen LogP contribution is -2.16. The second-order valence-electron chi connectivity index (χ2n) is 4.97. The van der Waals surface area contributed by atoms with Crippen molar-refractivity contribution in [2.75, 3.05) is 0 Å². The maximum absolute atomic E-state index is 12.3. The van der Waals surface area contributed by atoms with Gasteiger partial charge in [0.15, 0.2) is 0 Å². The quantitative estimate of drug-likeness (QED) is 0.928. The lowest BCUT2D eigenvalue weighted by molar-refractivity contribution is 0.0743. The van der Waals surface area contributed by atoms with Crippen molar-refractivity contribution in [3.63, 3.8) is 0 Å². The lowest BCUT2D eigenvalue weighted by atomic mass is 10.1. The maximum atomic E-state index is 12.3. The van der Waals surface area contributed by atoms with Gasteiger partial charge in [0.25, 0.3) is 10.0 Å². The van der Waals surface area contributed by atoms with E-state index in [9.17, 15) is 13.5 Å². The predicted molar refractivity (Wildman–Crippen MR) is 71.2 cm³/mol. The van der Waals surface area contributed by atoms with Gasteiger partial charge in [0.05, 0.1) is 10.6 Å². The van der Waals surface area contributed by atoms with E-state index in [-0.39, 0.29) is 4.90 Å². The molecule has 0 saturated heterocycles. The Kier molecular flexibility index (Phi) is 3.24. The van der Waals surface area contributed by atoms with Crippen LogP contribution >= 0.6 is 0 Å².